The van der Waals surface area contributed by atoms with Crippen LogP contribution in [-0.4, -0.2) is 29.9 Å². The summed E-state index contributed by atoms with van der Waals surface area (Å²) in [5.74, 6) is 0.453. The maximum absolute atomic E-state index is 12.5. The van der Waals surface area contributed by atoms with E-state index in [0.29, 0.717) is 5.75 Å². The second-order valence-corrected chi connectivity index (χ2v) is 7.99. The van der Waals surface area contributed by atoms with E-state index in [-0.39, 0.29) is 14.5 Å². The molecule has 1 saturated carbocycles. The van der Waals surface area contributed by atoms with E-state index in [1.54, 1.807) is 12.1 Å². The second-order valence-electron chi connectivity index (χ2n) is 4.57. The molecule has 0 saturated heterocycles. The highest BCUT2D eigenvalue weighted by molar-refractivity contribution is 8.35. The van der Waals surface area contributed by atoms with Crippen molar-refractivity contribution in [3.63, 3.8) is 0 Å². The molecule has 5 nitrogen and oxygen atoms in total. The summed E-state index contributed by atoms with van der Waals surface area (Å²) in [6.07, 6.45) is 4.10. The molecule has 20 heavy (non-hydrogen) atoms. The van der Waals surface area contributed by atoms with E-state index in [9.17, 15) is 8.42 Å². The summed E-state index contributed by atoms with van der Waals surface area (Å²) >= 11 is 1.14. The molecule has 7 heteroatoms. The third-order valence-corrected chi connectivity index (χ3v) is 6.68. The van der Waals surface area contributed by atoms with Gasteiger partial charge in [0.2, 0.25) is 0 Å². The predicted molar refractivity (Wildman–Crippen MR) is 78.7 cm³/mol. The minimum atomic E-state index is -3.79. The first-order chi connectivity index (χ1) is 9.57. The molecule has 0 bridgehead atoms. The smallest absolute Gasteiger partial charge is 0.444 e. The summed E-state index contributed by atoms with van der Waals surface area (Å²) < 4.78 is 29.7. The number of ether oxygens (including phenoxy) is 1. The quantitative estimate of drug-likeness (QED) is 0.372. The molecule has 0 aromatic heterocycles. The van der Waals surface area contributed by atoms with Crippen LogP contribution in [0.25, 0.3) is 5.53 Å². The maximum atomic E-state index is 12.5. The van der Waals surface area contributed by atoms with Crippen molar-refractivity contribution in [1.82, 2.24) is 0 Å². The van der Waals surface area contributed by atoms with E-state index in [0.717, 1.165) is 37.4 Å². The Hall–Kier alpha value is -1.30. The summed E-state index contributed by atoms with van der Waals surface area (Å²) in [4.78, 5) is 3.08. The van der Waals surface area contributed by atoms with E-state index in [2.05, 4.69) is 4.79 Å². The van der Waals surface area contributed by atoms with Crippen molar-refractivity contribution >= 4 is 26.0 Å². The van der Waals surface area contributed by atoms with Crippen LogP contribution in [0.15, 0.2) is 29.2 Å². The lowest BCUT2D eigenvalue weighted by molar-refractivity contribution is 0.00462. The van der Waals surface area contributed by atoms with Gasteiger partial charge in [0.15, 0.2) is 0 Å². The van der Waals surface area contributed by atoms with E-state index in [1.807, 2.05) is 0 Å². The molecule has 1 aliphatic carbocycles. The fraction of sp³-hybridized carbons (Fsp3) is 0.462. The third-order valence-electron chi connectivity index (χ3n) is 3.23. The van der Waals surface area contributed by atoms with Crippen LogP contribution in [0.1, 0.15) is 25.7 Å². The molecular formula is C13H16N2O3S2. The van der Waals surface area contributed by atoms with Gasteiger partial charge in [-0.2, -0.15) is 0 Å². The Morgan fingerprint density at radius 2 is 2.10 bits per heavy atom. The number of methoxy groups -OCH3 is 1. The summed E-state index contributed by atoms with van der Waals surface area (Å²) in [6.45, 7) is 0. The van der Waals surface area contributed by atoms with Gasteiger partial charge < -0.3 is 10.3 Å². The van der Waals surface area contributed by atoms with Gasteiger partial charge in [0.1, 0.15) is 5.75 Å². The van der Waals surface area contributed by atoms with Crippen molar-refractivity contribution < 1.29 is 17.9 Å². The van der Waals surface area contributed by atoms with Crippen LogP contribution in [0.2, 0.25) is 0 Å². The van der Waals surface area contributed by atoms with Crippen LogP contribution in [-0.2, 0) is 9.84 Å². The minimum absolute atomic E-state index is 0.0788. The molecule has 1 aliphatic rings. The van der Waals surface area contributed by atoms with Gasteiger partial charge in [-0.3, -0.25) is 0 Å². The molecule has 0 unspecified atom stereocenters. The Bertz CT molecular complexity index is 631. The highest BCUT2D eigenvalue weighted by atomic mass is 32.3. The molecule has 108 valence electrons. The number of benzene rings is 1. The number of rotatable bonds is 3. The largest absolute Gasteiger partial charge is 0.497 e. The number of sulfone groups is 1. The molecule has 1 fully saturated rings. The van der Waals surface area contributed by atoms with Gasteiger partial charge in [-0.1, -0.05) is 18.9 Å². The van der Waals surface area contributed by atoms with E-state index in [4.69, 9.17) is 10.3 Å². The zero-order chi connectivity index (χ0) is 14.6. The van der Waals surface area contributed by atoms with Gasteiger partial charge in [-0.05, 0) is 42.8 Å². The topological polar surface area (TPSA) is 79.8 Å². The predicted octanol–water partition coefficient (Wildman–Crippen LogP) is 2.73. The van der Waals surface area contributed by atoms with Gasteiger partial charge in [0.05, 0.1) is 12.0 Å². The second kappa shape index (κ2) is 6.43. The fourth-order valence-electron chi connectivity index (χ4n) is 2.16. The van der Waals surface area contributed by atoms with Crippen LogP contribution in [0.5, 0.6) is 5.75 Å². The monoisotopic (exact) mass is 312 g/mol. The average Bonchev–Trinajstić information content (AvgIpc) is 2.97. The number of hydrogen-bond acceptors (Lipinski definition) is 4. The lowest BCUT2D eigenvalue weighted by atomic mass is 10.3. The molecule has 0 radical (unpaired) electrons. The van der Waals surface area contributed by atoms with Crippen molar-refractivity contribution in [3.05, 3.63) is 29.8 Å². The fourth-order valence-corrected chi connectivity index (χ4v) is 5.10. The van der Waals surface area contributed by atoms with Crippen LogP contribution >= 0.6 is 11.8 Å². The van der Waals surface area contributed by atoms with Gasteiger partial charge in [-0.25, -0.2) is 8.42 Å². The van der Waals surface area contributed by atoms with Gasteiger partial charge in [-0.15, -0.1) is 4.79 Å². The summed E-state index contributed by atoms with van der Waals surface area (Å²) in [5, 5.41) is 0.210. The lowest BCUT2D eigenvalue weighted by Crippen LogP contribution is -2.16. The van der Waals surface area contributed by atoms with Crippen molar-refractivity contribution in [3.8, 4) is 5.75 Å². The SMILES string of the molecule is COc1cccc(S(=O)(=O)C(=[N+]=[N-])SC2CCCC2)c1. The molecular weight excluding hydrogens is 296 g/mol. The summed E-state index contributed by atoms with van der Waals surface area (Å²) in [7, 11) is -2.32. The standard InChI is InChI=1S/C13H16N2O3S2/c1-18-10-5-4-8-12(9-10)20(16,17)13(15-14)19-11-6-2-3-7-11/h4-5,8-9,11H,2-3,6-7H2,1H3. The number of nitrogens with zero attached hydrogens (tertiary/aromatic N) is 2. The zero-order valence-corrected chi connectivity index (χ0v) is 12.8. The summed E-state index contributed by atoms with van der Waals surface area (Å²) in [6, 6.07) is 6.16. The zero-order valence-electron chi connectivity index (χ0n) is 11.2. The first kappa shape index (κ1) is 15.1. The number of hydrogen-bond donors (Lipinski definition) is 0. The number of thioether (sulfide) groups is 1. The molecule has 1 aromatic carbocycles. The van der Waals surface area contributed by atoms with Crippen molar-refractivity contribution in [1.29, 1.82) is 0 Å². The third kappa shape index (κ3) is 3.23. The molecule has 0 spiro atoms. The van der Waals surface area contributed by atoms with Gasteiger partial charge in [0.25, 0.3) is 9.84 Å². The van der Waals surface area contributed by atoms with Gasteiger partial charge in [0, 0.05) is 5.25 Å². The van der Waals surface area contributed by atoms with Gasteiger partial charge >= 0.3 is 4.38 Å². The average molecular weight is 312 g/mol. The van der Waals surface area contributed by atoms with Crippen LogP contribution in [0, 0.1) is 0 Å². The summed E-state index contributed by atoms with van der Waals surface area (Å²) in [5.41, 5.74) is 9.07. The molecule has 0 heterocycles. The first-order valence-electron chi connectivity index (χ1n) is 6.36. The molecule has 0 N–H and O–H groups in total. The minimum Gasteiger partial charge on any atom is -0.497 e. The Labute approximate surface area is 122 Å². The highest BCUT2D eigenvalue weighted by Crippen LogP contribution is 2.32. The van der Waals surface area contributed by atoms with Crippen molar-refractivity contribution in [2.45, 2.75) is 35.8 Å². The maximum Gasteiger partial charge on any atom is 0.444 e. The Morgan fingerprint density at radius 3 is 2.70 bits per heavy atom. The molecule has 2 rings (SSSR count). The molecule has 0 atom stereocenters. The molecule has 1 aromatic rings. The first-order valence-corrected chi connectivity index (χ1v) is 8.72. The lowest BCUT2D eigenvalue weighted by Gasteiger charge is -2.06. The normalized spacial score (nSPS) is 15.8. The Kier molecular flexibility index (Phi) is 4.86. The van der Waals surface area contributed by atoms with Crippen LogP contribution in [0.3, 0.4) is 0 Å². The van der Waals surface area contributed by atoms with Crippen molar-refractivity contribution in [2.24, 2.45) is 0 Å². The highest BCUT2D eigenvalue weighted by Gasteiger charge is 2.35. The van der Waals surface area contributed by atoms with Crippen molar-refractivity contribution in [2.75, 3.05) is 7.11 Å². The van der Waals surface area contributed by atoms with E-state index >= 15 is 0 Å². The molecule has 0 amide bonds. The molecule has 0 aliphatic heterocycles. The Balaban J connectivity index is 2.29. The van der Waals surface area contributed by atoms with E-state index in [1.165, 1.54) is 19.2 Å². The Morgan fingerprint density at radius 1 is 1.40 bits per heavy atom. The van der Waals surface area contributed by atoms with E-state index < -0.39 is 9.84 Å². The van der Waals surface area contributed by atoms with Crippen LogP contribution in [0.4, 0.5) is 0 Å². The van der Waals surface area contributed by atoms with Crippen LogP contribution < -0.4 is 4.74 Å².